The molecule has 2 heterocycles. The molecule has 0 saturated carbocycles. The van der Waals surface area contributed by atoms with Gasteiger partial charge in [0.1, 0.15) is 12.4 Å². The Morgan fingerprint density at radius 3 is 2.09 bits per heavy atom. The van der Waals surface area contributed by atoms with E-state index in [9.17, 15) is 13.2 Å². The summed E-state index contributed by atoms with van der Waals surface area (Å²) in [6, 6.07) is 14.3. The van der Waals surface area contributed by atoms with Crippen LogP contribution in [0.15, 0.2) is 53.4 Å². The average Bonchev–Trinajstić information content (AvgIpc) is 2.88. The van der Waals surface area contributed by atoms with Gasteiger partial charge in [0.05, 0.1) is 11.4 Å². The molecule has 1 amide bonds. The number of ether oxygens (including phenoxy) is 1. The van der Waals surface area contributed by atoms with Gasteiger partial charge in [0.2, 0.25) is 10.0 Å². The number of hydrogen-bond acceptors (Lipinski definition) is 5. The molecule has 0 radical (unpaired) electrons. The van der Waals surface area contributed by atoms with Crippen LogP contribution in [0, 0.1) is 0 Å². The van der Waals surface area contributed by atoms with Crippen molar-refractivity contribution in [2.24, 2.45) is 0 Å². The number of nitrogens with one attached hydrogen (secondary N) is 1. The summed E-state index contributed by atoms with van der Waals surface area (Å²) in [6.07, 6.45) is 6.77. The third-order valence-corrected chi connectivity index (χ3v) is 8.42. The number of hydrogen-bond donors (Lipinski definition) is 1. The van der Waals surface area contributed by atoms with Gasteiger partial charge < -0.3 is 10.1 Å². The Hall–Kier alpha value is -2.42. The zero-order chi connectivity index (χ0) is 23.8. The minimum Gasteiger partial charge on any atom is -0.492 e. The Morgan fingerprint density at radius 2 is 1.44 bits per heavy atom. The molecule has 4 rings (SSSR count). The fraction of sp³-hybridized carbons (Fsp3) is 0.500. The van der Waals surface area contributed by atoms with Crippen LogP contribution in [-0.2, 0) is 16.6 Å². The summed E-state index contributed by atoms with van der Waals surface area (Å²) in [5.41, 5.74) is 1.86. The van der Waals surface area contributed by atoms with E-state index < -0.39 is 10.0 Å². The number of likely N-dealkylation sites (tertiary alicyclic amines) is 1. The van der Waals surface area contributed by atoms with E-state index in [0.717, 1.165) is 38.9 Å². The number of amides is 1. The maximum absolute atomic E-state index is 12.7. The van der Waals surface area contributed by atoms with Crippen LogP contribution >= 0.6 is 0 Å². The molecule has 8 heteroatoms. The fourth-order valence-electron chi connectivity index (χ4n) is 4.53. The molecule has 1 N–H and O–H groups in total. The van der Waals surface area contributed by atoms with E-state index in [-0.39, 0.29) is 5.91 Å². The van der Waals surface area contributed by atoms with Crippen LogP contribution < -0.4 is 10.1 Å². The normalized spacial score (nSPS) is 17.9. The monoisotopic (exact) mass is 485 g/mol. The molecule has 2 aromatic rings. The van der Waals surface area contributed by atoms with Crippen molar-refractivity contribution in [3.05, 3.63) is 59.7 Å². The minimum atomic E-state index is -3.44. The van der Waals surface area contributed by atoms with Gasteiger partial charge in [0.15, 0.2) is 0 Å². The lowest BCUT2D eigenvalue weighted by atomic mass is 10.1. The van der Waals surface area contributed by atoms with Crippen LogP contribution in [0.2, 0.25) is 0 Å². The molecule has 2 aromatic carbocycles. The molecule has 2 fully saturated rings. The number of piperidine rings is 2. The third-order valence-electron chi connectivity index (χ3n) is 6.50. The van der Waals surface area contributed by atoms with Gasteiger partial charge in [0, 0.05) is 25.2 Å². The topological polar surface area (TPSA) is 78.9 Å². The van der Waals surface area contributed by atoms with Gasteiger partial charge in [-0.1, -0.05) is 25.0 Å². The zero-order valence-electron chi connectivity index (χ0n) is 19.7. The SMILES string of the molecule is O=C(NCCOc1ccc(S(=O)(=O)N2CCCCC2)cc1)c1ccc(CN2CCCCC2)cc1. The highest BCUT2D eigenvalue weighted by atomic mass is 32.2. The molecular formula is C26H35N3O4S. The van der Waals surface area contributed by atoms with Gasteiger partial charge in [-0.3, -0.25) is 9.69 Å². The first-order chi connectivity index (χ1) is 16.5. The fourth-order valence-corrected chi connectivity index (χ4v) is 6.05. The van der Waals surface area contributed by atoms with Gasteiger partial charge >= 0.3 is 0 Å². The first kappa shape index (κ1) is 24.7. The van der Waals surface area contributed by atoms with Crippen molar-refractivity contribution >= 4 is 15.9 Å². The standard InChI is InChI=1S/C26H35N3O4S/c30-26(23-9-7-22(8-10-23)21-28-16-3-1-4-17-28)27-15-20-33-24-11-13-25(14-12-24)34(31,32)29-18-5-2-6-19-29/h7-14H,1-6,15-21H2,(H,27,30). The minimum absolute atomic E-state index is 0.129. The lowest BCUT2D eigenvalue weighted by molar-refractivity contribution is 0.0947. The molecule has 0 aromatic heterocycles. The lowest BCUT2D eigenvalue weighted by Crippen LogP contribution is -2.35. The number of carbonyl (C=O) groups is 1. The summed E-state index contributed by atoms with van der Waals surface area (Å²) in [6.45, 7) is 5.08. The van der Waals surface area contributed by atoms with Crippen LogP contribution in [0.4, 0.5) is 0 Å². The van der Waals surface area contributed by atoms with Crippen molar-refractivity contribution in [3.63, 3.8) is 0 Å². The highest BCUT2D eigenvalue weighted by Gasteiger charge is 2.25. The van der Waals surface area contributed by atoms with Gasteiger partial charge in [-0.2, -0.15) is 4.31 Å². The Labute approximate surface area is 203 Å². The molecule has 0 atom stereocenters. The van der Waals surface area contributed by atoms with E-state index >= 15 is 0 Å². The second kappa shape index (κ2) is 11.8. The van der Waals surface area contributed by atoms with Crippen LogP contribution in [-0.4, -0.2) is 62.9 Å². The average molecular weight is 486 g/mol. The molecule has 2 aliphatic heterocycles. The Balaban J connectivity index is 1.20. The highest BCUT2D eigenvalue weighted by molar-refractivity contribution is 7.89. The van der Waals surface area contributed by atoms with E-state index in [1.165, 1.54) is 24.8 Å². The maximum atomic E-state index is 12.7. The van der Waals surface area contributed by atoms with Gasteiger partial charge in [-0.05, 0) is 80.7 Å². The van der Waals surface area contributed by atoms with Crippen LogP contribution in [0.5, 0.6) is 5.75 Å². The molecule has 2 aliphatic rings. The van der Waals surface area contributed by atoms with Crippen molar-refractivity contribution in [2.45, 2.75) is 50.0 Å². The van der Waals surface area contributed by atoms with E-state index in [1.807, 2.05) is 24.3 Å². The molecular weight excluding hydrogens is 450 g/mol. The number of sulfonamides is 1. The number of nitrogens with zero attached hydrogens (tertiary/aromatic N) is 2. The second-order valence-corrected chi connectivity index (χ2v) is 11.0. The van der Waals surface area contributed by atoms with Crippen molar-refractivity contribution in [1.82, 2.24) is 14.5 Å². The highest BCUT2D eigenvalue weighted by Crippen LogP contribution is 2.22. The van der Waals surface area contributed by atoms with Crippen LogP contribution in [0.25, 0.3) is 0 Å². The van der Waals surface area contributed by atoms with Gasteiger partial charge in [-0.25, -0.2) is 8.42 Å². The molecule has 34 heavy (non-hydrogen) atoms. The van der Waals surface area contributed by atoms with Crippen LogP contribution in [0.1, 0.15) is 54.4 Å². The molecule has 0 spiro atoms. The quantitative estimate of drug-likeness (QED) is 0.549. The smallest absolute Gasteiger partial charge is 0.251 e. The van der Waals surface area contributed by atoms with Gasteiger partial charge in [0.25, 0.3) is 5.91 Å². The van der Waals surface area contributed by atoms with Crippen molar-refractivity contribution in [3.8, 4) is 5.75 Å². The van der Waals surface area contributed by atoms with E-state index in [4.69, 9.17) is 4.74 Å². The first-order valence-corrected chi connectivity index (χ1v) is 13.8. The summed E-state index contributed by atoms with van der Waals surface area (Å²) in [5, 5.41) is 2.87. The van der Waals surface area contributed by atoms with E-state index in [0.29, 0.717) is 42.4 Å². The molecule has 0 bridgehead atoms. The molecule has 0 aliphatic carbocycles. The molecule has 2 saturated heterocycles. The largest absolute Gasteiger partial charge is 0.492 e. The summed E-state index contributed by atoms with van der Waals surface area (Å²) < 4.78 is 32.7. The number of rotatable bonds is 9. The summed E-state index contributed by atoms with van der Waals surface area (Å²) in [4.78, 5) is 15.2. The summed E-state index contributed by atoms with van der Waals surface area (Å²) in [7, 11) is -3.44. The first-order valence-electron chi connectivity index (χ1n) is 12.3. The van der Waals surface area contributed by atoms with Crippen LogP contribution in [0.3, 0.4) is 0 Å². The van der Waals surface area contributed by atoms with Crippen molar-refractivity contribution in [2.75, 3.05) is 39.3 Å². The van der Waals surface area contributed by atoms with Crippen molar-refractivity contribution in [1.29, 1.82) is 0 Å². The van der Waals surface area contributed by atoms with Crippen molar-refractivity contribution < 1.29 is 17.9 Å². The molecule has 184 valence electrons. The summed E-state index contributed by atoms with van der Waals surface area (Å²) >= 11 is 0. The second-order valence-electron chi connectivity index (χ2n) is 9.07. The Kier molecular flexibility index (Phi) is 8.59. The predicted octanol–water partition coefficient (Wildman–Crippen LogP) is 3.66. The molecule has 0 unspecified atom stereocenters. The maximum Gasteiger partial charge on any atom is 0.251 e. The number of benzene rings is 2. The zero-order valence-corrected chi connectivity index (χ0v) is 20.6. The third kappa shape index (κ3) is 6.58. The number of carbonyl (C=O) groups excluding carboxylic acids is 1. The predicted molar refractivity (Wildman–Crippen MR) is 132 cm³/mol. The van der Waals surface area contributed by atoms with E-state index in [2.05, 4.69) is 10.2 Å². The Morgan fingerprint density at radius 1 is 0.824 bits per heavy atom. The summed E-state index contributed by atoms with van der Waals surface area (Å²) in [5.74, 6) is 0.449. The van der Waals surface area contributed by atoms with Gasteiger partial charge in [-0.15, -0.1) is 0 Å². The lowest BCUT2D eigenvalue weighted by Gasteiger charge is -2.26. The van der Waals surface area contributed by atoms with E-state index in [1.54, 1.807) is 28.6 Å². The Bertz CT molecular complexity index is 1030. The molecule has 7 nitrogen and oxygen atoms in total.